The third-order valence-corrected chi connectivity index (χ3v) is 3.06. The molecular formula is C21H25N. The molecule has 0 saturated carbocycles. The van der Waals surface area contributed by atoms with Crippen LogP contribution >= 0.6 is 0 Å². The number of aryl methyl sites for hydroxylation is 1. The number of allylic oxidation sites excluding steroid dienone is 8. The smallest absolute Gasteiger partial charge is 0.0461 e. The largest absolute Gasteiger partial charge is 0.311 e. The Balaban J connectivity index is 3.51. The van der Waals surface area contributed by atoms with E-state index >= 15 is 0 Å². The molecule has 1 rings (SSSR count). The third kappa shape index (κ3) is 4.78. The minimum absolute atomic E-state index is 1.05. The second kappa shape index (κ2) is 9.41. The molecule has 0 aliphatic heterocycles. The minimum atomic E-state index is 1.05. The minimum Gasteiger partial charge on any atom is -0.311 e. The highest BCUT2D eigenvalue weighted by atomic mass is 15.1. The van der Waals surface area contributed by atoms with Gasteiger partial charge in [-0.1, -0.05) is 55.2 Å². The maximum atomic E-state index is 3.83. The molecular weight excluding hydrogens is 266 g/mol. The quantitative estimate of drug-likeness (QED) is 0.549. The molecule has 0 bridgehead atoms. The number of anilines is 1. The average Bonchev–Trinajstić information content (AvgIpc) is 2.50. The Morgan fingerprint density at radius 1 is 0.864 bits per heavy atom. The summed E-state index contributed by atoms with van der Waals surface area (Å²) in [5.74, 6) is 0. The molecule has 0 atom stereocenters. The second-order valence-electron chi connectivity index (χ2n) is 4.83. The van der Waals surface area contributed by atoms with Gasteiger partial charge in [-0.15, -0.1) is 0 Å². The fourth-order valence-corrected chi connectivity index (χ4v) is 2.13. The number of hydrogen-bond donors (Lipinski definition) is 0. The van der Waals surface area contributed by atoms with Crippen molar-refractivity contribution in [3.8, 4) is 0 Å². The summed E-state index contributed by atoms with van der Waals surface area (Å²) >= 11 is 0. The van der Waals surface area contributed by atoms with Crippen molar-refractivity contribution in [1.82, 2.24) is 0 Å². The lowest BCUT2D eigenvalue weighted by Crippen LogP contribution is -2.19. The Kier molecular flexibility index (Phi) is 7.49. The van der Waals surface area contributed by atoms with Crippen LogP contribution in [0, 0.1) is 6.92 Å². The van der Waals surface area contributed by atoms with Gasteiger partial charge in [-0.05, 0) is 57.2 Å². The molecule has 0 amide bonds. The van der Waals surface area contributed by atoms with Crippen molar-refractivity contribution >= 4 is 5.69 Å². The number of nitrogens with zero attached hydrogens (tertiary/aromatic N) is 1. The van der Waals surface area contributed by atoms with Crippen LogP contribution < -0.4 is 4.90 Å². The molecule has 1 aromatic carbocycles. The molecule has 0 saturated heterocycles. The highest BCUT2D eigenvalue weighted by Gasteiger charge is 2.12. The van der Waals surface area contributed by atoms with E-state index in [1.54, 1.807) is 12.2 Å². The van der Waals surface area contributed by atoms with Gasteiger partial charge in [0.1, 0.15) is 0 Å². The monoisotopic (exact) mass is 291 g/mol. The van der Waals surface area contributed by atoms with E-state index in [9.17, 15) is 0 Å². The summed E-state index contributed by atoms with van der Waals surface area (Å²) in [5, 5.41) is 0. The van der Waals surface area contributed by atoms with E-state index in [-0.39, 0.29) is 0 Å². The van der Waals surface area contributed by atoms with Crippen LogP contribution in [0.2, 0.25) is 0 Å². The molecule has 0 spiro atoms. The van der Waals surface area contributed by atoms with Crippen LogP contribution in [-0.2, 0) is 0 Å². The molecule has 0 radical (unpaired) electrons. The van der Waals surface area contributed by atoms with Gasteiger partial charge in [-0.3, -0.25) is 0 Å². The normalized spacial score (nSPS) is 12.9. The molecule has 0 heterocycles. The van der Waals surface area contributed by atoms with E-state index in [4.69, 9.17) is 0 Å². The van der Waals surface area contributed by atoms with Gasteiger partial charge < -0.3 is 4.90 Å². The number of benzene rings is 1. The van der Waals surface area contributed by atoms with Crippen molar-refractivity contribution in [3.05, 3.63) is 103 Å². The molecule has 114 valence electrons. The maximum Gasteiger partial charge on any atom is 0.0461 e. The summed E-state index contributed by atoms with van der Waals surface area (Å²) in [6.07, 6.45) is 15.8. The SMILES string of the molecule is C=C/C=C(\C=C/C)N(C(/C=C\C)=C/C=C)c1ccc(C)cc1. The van der Waals surface area contributed by atoms with Crippen LogP contribution in [0.3, 0.4) is 0 Å². The van der Waals surface area contributed by atoms with Crippen molar-refractivity contribution in [3.63, 3.8) is 0 Å². The first-order valence-electron chi connectivity index (χ1n) is 7.45. The average molecular weight is 291 g/mol. The van der Waals surface area contributed by atoms with E-state index in [1.807, 2.05) is 38.2 Å². The van der Waals surface area contributed by atoms with Gasteiger partial charge in [-0.25, -0.2) is 0 Å². The van der Waals surface area contributed by atoms with Crippen LogP contribution in [0.15, 0.2) is 97.4 Å². The van der Waals surface area contributed by atoms with Gasteiger partial charge in [0.05, 0.1) is 0 Å². The Labute approximate surface area is 135 Å². The second-order valence-corrected chi connectivity index (χ2v) is 4.83. The van der Waals surface area contributed by atoms with E-state index in [1.165, 1.54) is 5.56 Å². The lowest BCUT2D eigenvalue weighted by atomic mass is 10.1. The molecule has 1 nitrogen and oxygen atoms in total. The molecule has 0 aliphatic rings. The van der Waals surface area contributed by atoms with Crippen molar-refractivity contribution in [2.75, 3.05) is 4.90 Å². The summed E-state index contributed by atoms with van der Waals surface area (Å²) in [7, 11) is 0. The molecule has 22 heavy (non-hydrogen) atoms. The standard InChI is InChI=1S/C21H25N/c1-6-10-19(11-7-2)22(20(12-8-3)13-9-4)21-16-14-18(5)15-17-21/h6-17H,1,3H2,2,4-5H3/b11-7-,13-9-,19-10+,20-12+. The fourth-order valence-electron chi connectivity index (χ4n) is 2.13. The summed E-state index contributed by atoms with van der Waals surface area (Å²) in [6, 6.07) is 8.47. The van der Waals surface area contributed by atoms with Gasteiger partial charge >= 0.3 is 0 Å². The number of rotatable bonds is 7. The van der Waals surface area contributed by atoms with Crippen molar-refractivity contribution < 1.29 is 0 Å². The first kappa shape index (κ1) is 17.5. The fraction of sp³-hybridized carbons (Fsp3) is 0.143. The maximum absolute atomic E-state index is 3.83. The lowest BCUT2D eigenvalue weighted by molar-refractivity contribution is 1.14. The van der Waals surface area contributed by atoms with Gasteiger partial charge in [0.25, 0.3) is 0 Å². The molecule has 1 heteroatoms. The first-order chi connectivity index (χ1) is 10.7. The van der Waals surface area contributed by atoms with Crippen molar-refractivity contribution in [1.29, 1.82) is 0 Å². The van der Waals surface area contributed by atoms with E-state index in [0.717, 1.165) is 17.1 Å². The molecule has 0 fully saturated rings. The zero-order chi connectivity index (χ0) is 16.4. The zero-order valence-corrected chi connectivity index (χ0v) is 13.8. The van der Waals surface area contributed by atoms with Gasteiger partial charge in [-0.2, -0.15) is 0 Å². The van der Waals surface area contributed by atoms with E-state index in [2.05, 4.69) is 61.4 Å². The Morgan fingerprint density at radius 2 is 1.32 bits per heavy atom. The topological polar surface area (TPSA) is 3.24 Å². The Bertz CT molecular complexity index is 576. The summed E-state index contributed by atoms with van der Waals surface area (Å²) < 4.78 is 0. The Morgan fingerprint density at radius 3 is 1.68 bits per heavy atom. The molecule has 0 N–H and O–H groups in total. The molecule has 0 aromatic heterocycles. The van der Waals surface area contributed by atoms with Gasteiger partial charge in [0.15, 0.2) is 0 Å². The lowest BCUT2D eigenvalue weighted by Gasteiger charge is -2.27. The van der Waals surface area contributed by atoms with Crippen molar-refractivity contribution in [2.45, 2.75) is 20.8 Å². The van der Waals surface area contributed by atoms with Crippen LogP contribution in [0.25, 0.3) is 0 Å². The van der Waals surface area contributed by atoms with Crippen molar-refractivity contribution in [2.24, 2.45) is 0 Å². The number of hydrogen-bond acceptors (Lipinski definition) is 1. The summed E-state index contributed by atoms with van der Waals surface area (Å²) in [6.45, 7) is 13.8. The molecule has 0 unspecified atom stereocenters. The predicted molar refractivity (Wildman–Crippen MR) is 99.8 cm³/mol. The van der Waals surface area contributed by atoms with Crippen LogP contribution in [0.5, 0.6) is 0 Å². The molecule has 0 aliphatic carbocycles. The zero-order valence-electron chi connectivity index (χ0n) is 13.8. The van der Waals surface area contributed by atoms with Gasteiger partial charge in [0.2, 0.25) is 0 Å². The summed E-state index contributed by atoms with van der Waals surface area (Å²) in [5.41, 5.74) is 4.44. The Hall–Kier alpha value is -2.54. The van der Waals surface area contributed by atoms with Crippen LogP contribution in [0.4, 0.5) is 5.69 Å². The third-order valence-electron chi connectivity index (χ3n) is 3.06. The highest BCUT2D eigenvalue weighted by molar-refractivity contribution is 5.63. The predicted octanol–water partition coefficient (Wildman–Crippen LogP) is 6.09. The van der Waals surface area contributed by atoms with E-state index < -0.39 is 0 Å². The molecule has 1 aromatic rings. The van der Waals surface area contributed by atoms with Crippen LogP contribution in [0.1, 0.15) is 19.4 Å². The van der Waals surface area contributed by atoms with E-state index in [0.29, 0.717) is 0 Å². The van der Waals surface area contributed by atoms with Crippen LogP contribution in [-0.4, -0.2) is 0 Å². The van der Waals surface area contributed by atoms with Gasteiger partial charge in [0, 0.05) is 17.1 Å². The highest BCUT2D eigenvalue weighted by Crippen LogP contribution is 2.26. The first-order valence-corrected chi connectivity index (χ1v) is 7.45. The summed E-state index contributed by atoms with van der Waals surface area (Å²) in [4.78, 5) is 2.18.